The van der Waals surface area contributed by atoms with Crippen molar-refractivity contribution in [1.29, 1.82) is 0 Å². The van der Waals surface area contributed by atoms with Gasteiger partial charge in [-0.05, 0) is 94.7 Å². The number of fused-ring (bicyclic) bond motifs is 6. The summed E-state index contributed by atoms with van der Waals surface area (Å²) in [6.07, 6.45) is 0. The molecule has 55 heavy (non-hydrogen) atoms. The molecule has 10 aromatic rings. The van der Waals surface area contributed by atoms with Gasteiger partial charge in [0.25, 0.3) is 0 Å². The van der Waals surface area contributed by atoms with Crippen LogP contribution in [0.5, 0.6) is 0 Å². The SMILES string of the molecule is c1ccc(-c2ccc(N(c3ccccc3)c3ccc4c(c3)c3ccccc3c3sc(-c5cccc(N(c6ccccc6)c6ccccc6)c5)nc43)cc2)cc1. The van der Waals surface area contributed by atoms with Crippen LogP contribution < -0.4 is 9.80 Å². The standard InChI is InChI=1S/C51H35N3S/c1-5-16-36(17-6-1)37-28-30-42(31-29-37)54(41-23-11-4-12-24-41)44-32-33-46-48(35-44)45-26-13-14-27-47(45)50-49(46)52-51(55-50)38-18-15-25-43(34-38)53(39-19-7-2-8-20-39)40-21-9-3-10-22-40/h1-35H. The Morgan fingerprint density at radius 3 is 1.38 bits per heavy atom. The maximum Gasteiger partial charge on any atom is 0.124 e. The van der Waals surface area contributed by atoms with E-state index in [2.05, 4.69) is 222 Å². The average molecular weight is 722 g/mol. The van der Waals surface area contributed by atoms with Crippen molar-refractivity contribution in [3.63, 3.8) is 0 Å². The molecule has 0 N–H and O–H groups in total. The van der Waals surface area contributed by atoms with Crippen LogP contribution in [-0.2, 0) is 0 Å². The molecule has 0 atom stereocenters. The van der Waals surface area contributed by atoms with Gasteiger partial charge in [0.15, 0.2) is 0 Å². The maximum absolute atomic E-state index is 5.42. The molecule has 0 fully saturated rings. The maximum atomic E-state index is 5.42. The minimum Gasteiger partial charge on any atom is -0.310 e. The highest BCUT2D eigenvalue weighted by Gasteiger charge is 2.19. The fourth-order valence-corrected chi connectivity index (χ4v) is 8.78. The molecule has 0 unspecified atom stereocenters. The summed E-state index contributed by atoms with van der Waals surface area (Å²) in [5.74, 6) is 0. The summed E-state index contributed by atoms with van der Waals surface area (Å²) in [6.45, 7) is 0. The number of para-hydroxylation sites is 3. The van der Waals surface area contributed by atoms with E-state index in [1.54, 1.807) is 11.3 Å². The number of thiazole rings is 1. The van der Waals surface area contributed by atoms with Crippen molar-refractivity contribution in [2.45, 2.75) is 0 Å². The van der Waals surface area contributed by atoms with E-state index in [4.69, 9.17) is 4.98 Å². The van der Waals surface area contributed by atoms with Gasteiger partial charge in [-0.1, -0.05) is 140 Å². The lowest BCUT2D eigenvalue weighted by atomic mass is 9.99. The van der Waals surface area contributed by atoms with Crippen molar-refractivity contribution < 1.29 is 0 Å². The van der Waals surface area contributed by atoms with Crippen molar-refractivity contribution >= 4 is 77.2 Å². The minimum atomic E-state index is 1.00. The van der Waals surface area contributed by atoms with Crippen LogP contribution in [0.25, 0.3) is 53.5 Å². The number of rotatable bonds is 8. The van der Waals surface area contributed by atoms with Gasteiger partial charge in [0.05, 0.1) is 10.2 Å². The number of anilines is 6. The number of hydrogen-bond acceptors (Lipinski definition) is 4. The Balaban J connectivity index is 1.10. The van der Waals surface area contributed by atoms with E-state index in [1.807, 2.05) is 0 Å². The molecule has 0 bridgehead atoms. The highest BCUT2D eigenvalue weighted by Crippen LogP contribution is 2.45. The predicted octanol–water partition coefficient (Wildman–Crippen LogP) is 14.9. The third-order valence-corrected chi connectivity index (χ3v) is 11.4. The lowest BCUT2D eigenvalue weighted by molar-refractivity contribution is 1.28. The molecular weight excluding hydrogens is 687 g/mol. The molecule has 0 aliphatic rings. The predicted molar refractivity (Wildman–Crippen MR) is 235 cm³/mol. The Morgan fingerprint density at radius 2 is 0.764 bits per heavy atom. The van der Waals surface area contributed by atoms with E-state index in [0.29, 0.717) is 0 Å². The van der Waals surface area contributed by atoms with Crippen LogP contribution in [0.2, 0.25) is 0 Å². The second-order valence-corrected chi connectivity index (χ2v) is 14.6. The van der Waals surface area contributed by atoms with Gasteiger partial charge in [-0.25, -0.2) is 4.98 Å². The molecule has 1 heterocycles. The highest BCUT2D eigenvalue weighted by atomic mass is 32.1. The third-order valence-electron chi connectivity index (χ3n) is 10.2. The summed E-state index contributed by atoms with van der Waals surface area (Å²) >= 11 is 1.77. The average Bonchev–Trinajstić information content (AvgIpc) is 3.72. The number of aromatic nitrogens is 1. The highest BCUT2D eigenvalue weighted by molar-refractivity contribution is 7.22. The zero-order valence-corrected chi connectivity index (χ0v) is 30.8. The first kappa shape index (κ1) is 32.6. The largest absolute Gasteiger partial charge is 0.310 e. The summed E-state index contributed by atoms with van der Waals surface area (Å²) < 4.78 is 1.20. The normalized spacial score (nSPS) is 11.3. The van der Waals surface area contributed by atoms with Gasteiger partial charge >= 0.3 is 0 Å². The Bertz CT molecular complexity index is 2870. The minimum absolute atomic E-state index is 1.00. The second-order valence-electron chi connectivity index (χ2n) is 13.6. The van der Waals surface area contributed by atoms with E-state index >= 15 is 0 Å². The molecule has 0 amide bonds. The monoisotopic (exact) mass is 721 g/mol. The summed E-state index contributed by atoms with van der Waals surface area (Å²) in [5, 5.41) is 5.79. The van der Waals surface area contributed by atoms with Crippen LogP contribution >= 0.6 is 11.3 Å². The summed E-state index contributed by atoms with van der Waals surface area (Å²) in [7, 11) is 0. The van der Waals surface area contributed by atoms with Crippen LogP contribution in [0, 0.1) is 0 Å². The molecule has 3 nitrogen and oxygen atoms in total. The van der Waals surface area contributed by atoms with Gasteiger partial charge in [-0.2, -0.15) is 0 Å². The molecule has 0 aliphatic carbocycles. The Hall–Kier alpha value is -7.01. The molecular formula is C51H35N3S. The molecule has 0 saturated carbocycles. The summed E-state index contributed by atoms with van der Waals surface area (Å²) in [6, 6.07) is 75.5. The third kappa shape index (κ3) is 6.09. The van der Waals surface area contributed by atoms with Gasteiger partial charge in [0.2, 0.25) is 0 Å². The van der Waals surface area contributed by atoms with E-state index < -0.39 is 0 Å². The fraction of sp³-hybridized carbons (Fsp3) is 0. The van der Waals surface area contributed by atoms with Crippen molar-refractivity contribution in [1.82, 2.24) is 4.98 Å². The first-order valence-electron chi connectivity index (χ1n) is 18.5. The molecule has 4 heteroatoms. The van der Waals surface area contributed by atoms with Crippen molar-refractivity contribution in [2.24, 2.45) is 0 Å². The molecule has 1 aromatic heterocycles. The zero-order chi connectivity index (χ0) is 36.6. The first-order valence-corrected chi connectivity index (χ1v) is 19.4. The molecule has 0 radical (unpaired) electrons. The van der Waals surface area contributed by atoms with E-state index in [1.165, 1.54) is 32.0 Å². The Morgan fingerprint density at radius 1 is 0.309 bits per heavy atom. The lowest BCUT2D eigenvalue weighted by Crippen LogP contribution is -2.09. The quantitative estimate of drug-likeness (QED) is 0.146. The fourth-order valence-electron chi connectivity index (χ4n) is 7.66. The second kappa shape index (κ2) is 14.1. The Labute approximate surface area is 324 Å². The van der Waals surface area contributed by atoms with Gasteiger partial charge in [-0.15, -0.1) is 11.3 Å². The number of nitrogens with zero attached hydrogens (tertiary/aromatic N) is 3. The first-order chi connectivity index (χ1) is 27.3. The van der Waals surface area contributed by atoms with Gasteiger partial charge < -0.3 is 9.80 Å². The molecule has 9 aromatic carbocycles. The van der Waals surface area contributed by atoms with Crippen LogP contribution in [0.15, 0.2) is 212 Å². The molecule has 260 valence electrons. The lowest BCUT2D eigenvalue weighted by Gasteiger charge is -2.26. The molecule has 0 spiro atoms. The topological polar surface area (TPSA) is 19.4 Å². The van der Waals surface area contributed by atoms with Crippen molar-refractivity contribution in [3.8, 4) is 21.7 Å². The Kier molecular flexibility index (Phi) is 8.36. The molecule has 0 aliphatic heterocycles. The van der Waals surface area contributed by atoms with E-state index in [-0.39, 0.29) is 0 Å². The molecule has 0 saturated heterocycles. The van der Waals surface area contributed by atoms with Crippen LogP contribution in [0.1, 0.15) is 0 Å². The van der Waals surface area contributed by atoms with Crippen LogP contribution in [0.3, 0.4) is 0 Å². The van der Waals surface area contributed by atoms with E-state index in [0.717, 1.165) is 55.6 Å². The molecule has 10 rings (SSSR count). The number of hydrogen-bond donors (Lipinski definition) is 0. The van der Waals surface area contributed by atoms with Crippen LogP contribution in [0.4, 0.5) is 34.1 Å². The smallest absolute Gasteiger partial charge is 0.124 e. The van der Waals surface area contributed by atoms with Gasteiger partial charge in [0, 0.05) is 50.5 Å². The number of benzene rings is 9. The van der Waals surface area contributed by atoms with Gasteiger partial charge in [-0.3, -0.25) is 0 Å². The van der Waals surface area contributed by atoms with Crippen molar-refractivity contribution in [2.75, 3.05) is 9.80 Å². The summed E-state index contributed by atoms with van der Waals surface area (Å²) in [5.41, 5.74) is 11.2. The zero-order valence-electron chi connectivity index (χ0n) is 30.0. The van der Waals surface area contributed by atoms with Crippen molar-refractivity contribution in [3.05, 3.63) is 212 Å². The van der Waals surface area contributed by atoms with E-state index in [9.17, 15) is 0 Å². The van der Waals surface area contributed by atoms with Gasteiger partial charge in [0.1, 0.15) is 5.01 Å². The van der Waals surface area contributed by atoms with Crippen LogP contribution in [-0.4, -0.2) is 4.98 Å². The summed E-state index contributed by atoms with van der Waals surface area (Å²) in [4.78, 5) is 10.1.